The standard InChI is InChI=1S/C12H16BrFN2.ClH/c1-9-7-15-4-5-16(9)8-10-2-3-11(14)6-12(10)13;/h2-3,6,9,15H,4-5,7-8H2,1H3;1H/t9-;/m0./s1. The molecule has 0 unspecified atom stereocenters. The molecule has 1 aromatic carbocycles. The summed E-state index contributed by atoms with van der Waals surface area (Å²) in [5.74, 6) is -0.191. The van der Waals surface area contributed by atoms with Crippen molar-refractivity contribution >= 4 is 28.3 Å². The molecule has 1 aliphatic heterocycles. The molecule has 0 aliphatic carbocycles. The van der Waals surface area contributed by atoms with E-state index in [1.165, 1.54) is 12.1 Å². The van der Waals surface area contributed by atoms with Gasteiger partial charge in [-0.05, 0) is 24.6 Å². The van der Waals surface area contributed by atoms with Crippen LogP contribution in [0.2, 0.25) is 0 Å². The zero-order valence-corrected chi connectivity index (χ0v) is 12.2. The van der Waals surface area contributed by atoms with Gasteiger partial charge in [0, 0.05) is 36.7 Å². The van der Waals surface area contributed by atoms with Gasteiger partial charge in [0.25, 0.3) is 0 Å². The van der Waals surface area contributed by atoms with E-state index in [2.05, 4.69) is 33.1 Å². The predicted molar refractivity (Wildman–Crippen MR) is 74.1 cm³/mol. The average Bonchev–Trinajstić information content (AvgIpc) is 2.25. The summed E-state index contributed by atoms with van der Waals surface area (Å²) in [4.78, 5) is 2.41. The maximum absolute atomic E-state index is 12.9. The normalized spacial score (nSPS) is 21.0. The lowest BCUT2D eigenvalue weighted by Crippen LogP contribution is -2.49. The van der Waals surface area contributed by atoms with Crippen molar-refractivity contribution in [2.24, 2.45) is 0 Å². The first-order valence-electron chi connectivity index (χ1n) is 5.55. The highest BCUT2D eigenvalue weighted by Crippen LogP contribution is 2.20. The Kier molecular flexibility index (Phi) is 5.86. The molecule has 5 heteroatoms. The van der Waals surface area contributed by atoms with Gasteiger partial charge in [-0.25, -0.2) is 4.39 Å². The van der Waals surface area contributed by atoms with E-state index >= 15 is 0 Å². The maximum atomic E-state index is 12.9. The molecule has 1 aromatic rings. The smallest absolute Gasteiger partial charge is 0.124 e. The van der Waals surface area contributed by atoms with Gasteiger partial charge in [0.2, 0.25) is 0 Å². The van der Waals surface area contributed by atoms with E-state index in [-0.39, 0.29) is 18.2 Å². The highest BCUT2D eigenvalue weighted by atomic mass is 79.9. The third-order valence-electron chi connectivity index (χ3n) is 3.03. The monoisotopic (exact) mass is 322 g/mol. The van der Waals surface area contributed by atoms with Gasteiger partial charge < -0.3 is 5.32 Å². The zero-order chi connectivity index (χ0) is 11.5. The summed E-state index contributed by atoms with van der Waals surface area (Å²) in [5, 5.41) is 3.36. The Bertz CT molecular complexity index is 376. The first kappa shape index (κ1) is 14.9. The molecule has 0 bridgehead atoms. The van der Waals surface area contributed by atoms with Crippen LogP contribution < -0.4 is 5.32 Å². The van der Waals surface area contributed by atoms with Crippen LogP contribution in [0.15, 0.2) is 22.7 Å². The van der Waals surface area contributed by atoms with Crippen molar-refractivity contribution in [3.05, 3.63) is 34.1 Å². The second-order valence-corrected chi connectivity index (χ2v) is 5.11. The number of hydrogen-bond acceptors (Lipinski definition) is 2. The van der Waals surface area contributed by atoms with Gasteiger partial charge >= 0.3 is 0 Å². The molecular weight excluding hydrogens is 307 g/mol. The average molecular weight is 324 g/mol. The molecule has 0 aromatic heterocycles. The number of nitrogens with one attached hydrogen (secondary N) is 1. The molecule has 96 valence electrons. The van der Waals surface area contributed by atoms with E-state index < -0.39 is 0 Å². The second kappa shape index (κ2) is 6.69. The van der Waals surface area contributed by atoms with Gasteiger partial charge in [-0.1, -0.05) is 22.0 Å². The molecule has 1 saturated heterocycles. The number of benzene rings is 1. The van der Waals surface area contributed by atoms with Crippen molar-refractivity contribution in [1.82, 2.24) is 10.2 Å². The Morgan fingerprint density at radius 2 is 2.29 bits per heavy atom. The van der Waals surface area contributed by atoms with Gasteiger partial charge in [-0.15, -0.1) is 12.4 Å². The third kappa shape index (κ3) is 3.91. The number of rotatable bonds is 2. The zero-order valence-electron chi connectivity index (χ0n) is 9.75. The lowest BCUT2D eigenvalue weighted by atomic mass is 10.1. The van der Waals surface area contributed by atoms with Crippen LogP contribution in [0.4, 0.5) is 4.39 Å². The minimum Gasteiger partial charge on any atom is -0.314 e. The third-order valence-corrected chi connectivity index (χ3v) is 3.77. The topological polar surface area (TPSA) is 15.3 Å². The van der Waals surface area contributed by atoms with Crippen molar-refractivity contribution in [2.45, 2.75) is 19.5 Å². The highest BCUT2D eigenvalue weighted by Gasteiger charge is 2.18. The molecule has 17 heavy (non-hydrogen) atoms. The van der Waals surface area contributed by atoms with E-state index in [0.29, 0.717) is 6.04 Å². The Morgan fingerprint density at radius 1 is 1.53 bits per heavy atom. The van der Waals surface area contributed by atoms with Gasteiger partial charge in [0.15, 0.2) is 0 Å². The van der Waals surface area contributed by atoms with Gasteiger partial charge in [0.1, 0.15) is 5.82 Å². The Balaban J connectivity index is 0.00000144. The van der Waals surface area contributed by atoms with Crippen LogP contribution in [0, 0.1) is 5.82 Å². The van der Waals surface area contributed by atoms with Crippen molar-refractivity contribution < 1.29 is 4.39 Å². The Labute approximate surface area is 116 Å². The van der Waals surface area contributed by atoms with Crippen molar-refractivity contribution in [2.75, 3.05) is 19.6 Å². The molecule has 0 saturated carbocycles. The molecule has 2 rings (SSSR count). The highest BCUT2D eigenvalue weighted by molar-refractivity contribution is 9.10. The predicted octanol–water partition coefficient (Wildman–Crippen LogP) is 2.80. The van der Waals surface area contributed by atoms with Crippen LogP contribution in [-0.2, 0) is 6.54 Å². The fraction of sp³-hybridized carbons (Fsp3) is 0.500. The molecular formula is C12H17BrClFN2. The fourth-order valence-corrected chi connectivity index (χ4v) is 2.46. The van der Waals surface area contributed by atoms with E-state index in [0.717, 1.165) is 36.2 Å². The lowest BCUT2D eigenvalue weighted by molar-refractivity contribution is 0.165. The van der Waals surface area contributed by atoms with Crippen LogP contribution in [0.1, 0.15) is 12.5 Å². The van der Waals surface area contributed by atoms with E-state index in [1.54, 1.807) is 0 Å². The van der Waals surface area contributed by atoms with Crippen LogP contribution in [0.5, 0.6) is 0 Å². The molecule has 2 nitrogen and oxygen atoms in total. The second-order valence-electron chi connectivity index (χ2n) is 4.26. The lowest BCUT2D eigenvalue weighted by Gasteiger charge is -2.34. The van der Waals surface area contributed by atoms with E-state index in [9.17, 15) is 4.39 Å². The first-order valence-corrected chi connectivity index (χ1v) is 6.35. The number of piperazine rings is 1. The summed E-state index contributed by atoms with van der Waals surface area (Å²) in [6, 6.07) is 5.44. The van der Waals surface area contributed by atoms with Crippen LogP contribution in [0.25, 0.3) is 0 Å². The largest absolute Gasteiger partial charge is 0.314 e. The van der Waals surface area contributed by atoms with Crippen LogP contribution in [0.3, 0.4) is 0 Å². The molecule has 1 aliphatic rings. The number of hydrogen-bond donors (Lipinski definition) is 1. The molecule has 0 amide bonds. The SMILES string of the molecule is C[C@H]1CNCCN1Cc1ccc(F)cc1Br.Cl. The maximum Gasteiger partial charge on any atom is 0.124 e. The van der Waals surface area contributed by atoms with E-state index in [4.69, 9.17) is 0 Å². The summed E-state index contributed by atoms with van der Waals surface area (Å²) >= 11 is 3.41. The summed E-state index contributed by atoms with van der Waals surface area (Å²) in [6.07, 6.45) is 0. The van der Waals surface area contributed by atoms with Crippen LogP contribution >= 0.6 is 28.3 Å². The minimum atomic E-state index is -0.191. The summed E-state index contributed by atoms with van der Waals surface area (Å²) < 4.78 is 13.8. The molecule has 0 spiro atoms. The van der Waals surface area contributed by atoms with Crippen LogP contribution in [-0.4, -0.2) is 30.6 Å². The van der Waals surface area contributed by atoms with E-state index in [1.807, 2.05) is 6.07 Å². The summed E-state index contributed by atoms with van der Waals surface area (Å²) in [6.45, 7) is 6.19. The van der Waals surface area contributed by atoms with Crippen molar-refractivity contribution in [3.63, 3.8) is 0 Å². The Morgan fingerprint density at radius 3 is 2.94 bits per heavy atom. The molecule has 1 atom stereocenters. The number of nitrogens with zero attached hydrogens (tertiary/aromatic N) is 1. The molecule has 1 heterocycles. The van der Waals surface area contributed by atoms with Gasteiger partial charge in [0.05, 0.1) is 0 Å². The molecule has 1 N–H and O–H groups in total. The summed E-state index contributed by atoms with van der Waals surface area (Å²) in [7, 11) is 0. The number of halogens is 3. The minimum absolute atomic E-state index is 0. The molecule has 1 fully saturated rings. The van der Waals surface area contributed by atoms with Crippen molar-refractivity contribution in [1.29, 1.82) is 0 Å². The van der Waals surface area contributed by atoms with Gasteiger partial charge in [-0.2, -0.15) is 0 Å². The first-order chi connectivity index (χ1) is 7.66. The Hall–Kier alpha value is -0.160. The fourth-order valence-electron chi connectivity index (χ4n) is 1.99. The van der Waals surface area contributed by atoms with Gasteiger partial charge in [-0.3, -0.25) is 4.90 Å². The van der Waals surface area contributed by atoms with Crippen molar-refractivity contribution in [3.8, 4) is 0 Å². The quantitative estimate of drug-likeness (QED) is 0.900. The summed E-state index contributed by atoms with van der Waals surface area (Å²) in [5.41, 5.74) is 1.15. The molecule has 0 radical (unpaired) electrons.